The Bertz CT molecular complexity index is 1540. The molecule has 0 aromatic carbocycles. The smallest absolute Gasteiger partial charge is 0.245 e. The Labute approximate surface area is 363 Å². The molecule has 0 unspecified atom stereocenters. The number of aliphatic hydroxyl groups is 1. The predicted molar refractivity (Wildman–Crippen MR) is 231 cm³/mol. The number of nitrogens with two attached hydrogens (primary N) is 6. The van der Waals surface area contributed by atoms with Crippen LogP contribution < -0.4 is 66.3 Å². The third-order valence-corrected chi connectivity index (χ3v) is 10.0. The summed E-state index contributed by atoms with van der Waals surface area (Å²) in [5.41, 5.74) is 34.1. The predicted octanol–water partition coefficient (Wildman–Crippen LogP) is -4.21. The minimum absolute atomic E-state index is 0.00281. The van der Waals surface area contributed by atoms with Gasteiger partial charge in [-0.2, -0.15) is 0 Å². The zero-order valence-electron chi connectivity index (χ0n) is 37.0. The Morgan fingerprint density at radius 2 is 1.15 bits per heavy atom. The molecule has 0 radical (unpaired) electrons. The van der Waals surface area contributed by atoms with E-state index in [4.69, 9.17) is 34.4 Å². The maximum absolute atomic E-state index is 14.1. The summed E-state index contributed by atoms with van der Waals surface area (Å²) in [6, 6.07) is -11.1. The zero-order chi connectivity index (χ0) is 47.7. The highest BCUT2D eigenvalue weighted by molar-refractivity contribution is 6.09. The van der Waals surface area contributed by atoms with Crippen LogP contribution in [0.1, 0.15) is 112 Å². The van der Waals surface area contributed by atoms with Crippen LogP contribution in [0.2, 0.25) is 0 Å². The summed E-state index contributed by atoms with van der Waals surface area (Å²) in [4.78, 5) is 122. The molecule has 7 amide bonds. The van der Waals surface area contributed by atoms with Crippen LogP contribution in [0.25, 0.3) is 0 Å². The SMILES string of the molecule is CCCC[C@H](N)C(=O)[C@@H](NC[C@@H](NC(=O)[C@@H](NC(=O)[C@@H](NC(C)=O)[C@@H](C)O)[C@@H](C)CC)C(=O)[C@@H](N)CCCC)C(=O)N[C@@H](CCC(N)=O)C(=O)N[C@@H](CCCN=C(N)N)C(N)=O. The van der Waals surface area contributed by atoms with Crippen LogP contribution >= 0.6 is 0 Å². The second-order valence-electron chi connectivity index (χ2n) is 15.5. The minimum Gasteiger partial charge on any atom is -0.391 e. The average Bonchev–Trinajstić information content (AvgIpc) is 3.20. The molecule has 0 saturated heterocycles. The van der Waals surface area contributed by atoms with Crippen LogP contribution in [0, 0.1) is 5.92 Å². The molecule has 0 aliphatic heterocycles. The normalized spacial score (nSPS) is 16.0. The molecule has 0 rings (SSSR count). The van der Waals surface area contributed by atoms with E-state index in [9.17, 15) is 48.3 Å². The number of hydrogen-bond acceptors (Lipinski definition) is 14. The number of nitrogens with zero attached hydrogens (tertiary/aromatic N) is 1. The first-order chi connectivity index (χ1) is 29.0. The molecule has 19 N–H and O–H groups in total. The van der Waals surface area contributed by atoms with Crippen molar-refractivity contribution in [2.75, 3.05) is 13.1 Å². The monoisotopic (exact) mass is 884 g/mol. The Kier molecular flexibility index (Phi) is 27.4. The lowest BCUT2D eigenvalue weighted by atomic mass is 9.95. The zero-order valence-corrected chi connectivity index (χ0v) is 37.0. The fraction of sp³-hybridized carbons (Fsp3) is 0.744. The van der Waals surface area contributed by atoms with E-state index in [1.54, 1.807) is 13.8 Å². The van der Waals surface area contributed by atoms with Gasteiger partial charge in [-0.15, -0.1) is 0 Å². The van der Waals surface area contributed by atoms with Crippen molar-refractivity contribution in [3.8, 4) is 0 Å². The van der Waals surface area contributed by atoms with Crippen LogP contribution in [-0.2, 0) is 43.2 Å². The van der Waals surface area contributed by atoms with Gasteiger partial charge in [0, 0.05) is 26.4 Å². The number of hydrogen-bond donors (Lipinski definition) is 13. The number of primary amides is 2. The van der Waals surface area contributed by atoms with E-state index in [0.717, 1.165) is 6.92 Å². The number of rotatable bonds is 33. The maximum Gasteiger partial charge on any atom is 0.245 e. The lowest BCUT2D eigenvalue weighted by Gasteiger charge is -2.30. The summed E-state index contributed by atoms with van der Waals surface area (Å²) >= 11 is 0. The van der Waals surface area contributed by atoms with Crippen molar-refractivity contribution in [2.45, 2.75) is 167 Å². The summed E-state index contributed by atoms with van der Waals surface area (Å²) in [5, 5.41) is 25.3. The third-order valence-electron chi connectivity index (χ3n) is 10.0. The molecular formula is C39H73N13O10. The van der Waals surface area contributed by atoms with Gasteiger partial charge in [0.1, 0.15) is 36.3 Å². The van der Waals surface area contributed by atoms with Crippen LogP contribution in [0.5, 0.6) is 0 Å². The van der Waals surface area contributed by atoms with Crippen LogP contribution in [0.15, 0.2) is 4.99 Å². The Hall–Kier alpha value is -5.26. The second-order valence-corrected chi connectivity index (χ2v) is 15.5. The highest BCUT2D eigenvalue weighted by Gasteiger charge is 2.38. The van der Waals surface area contributed by atoms with Crippen LogP contribution in [0.4, 0.5) is 0 Å². The minimum atomic E-state index is -1.84. The molecule has 0 aromatic rings. The number of ketones is 2. The summed E-state index contributed by atoms with van der Waals surface area (Å²) in [7, 11) is 0. The van der Waals surface area contributed by atoms with Gasteiger partial charge in [0.25, 0.3) is 0 Å². The summed E-state index contributed by atoms with van der Waals surface area (Å²) in [6.45, 7) is 9.12. The quantitative estimate of drug-likeness (QED) is 0.0129. The van der Waals surface area contributed by atoms with Gasteiger partial charge in [0.15, 0.2) is 17.5 Å². The molecule has 0 aliphatic rings. The van der Waals surface area contributed by atoms with Crippen molar-refractivity contribution in [2.24, 2.45) is 45.3 Å². The average molecular weight is 884 g/mol. The first-order valence-electron chi connectivity index (χ1n) is 21.1. The number of aliphatic hydroxyl groups excluding tert-OH is 1. The molecule has 62 heavy (non-hydrogen) atoms. The molecule has 354 valence electrons. The first-order valence-corrected chi connectivity index (χ1v) is 21.1. The van der Waals surface area contributed by atoms with E-state index in [0.29, 0.717) is 32.1 Å². The molecule has 0 heterocycles. The highest BCUT2D eigenvalue weighted by Crippen LogP contribution is 2.12. The van der Waals surface area contributed by atoms with E-state index in [1.165, 1.54) is 6.92 Å². The van der Waals surface area contributed by atoms with Crippen molar-refractivity contribution in [3.05, 3.63) is 0 Å². The fourth-order valence-electron chi connectivity index (χ4n) is 6.09. The molecule has 23 nitrogen and oxygen atoms in total. The summed E-state index contributed by atoms with van der Waals surface area (Å²) < 4.78 is 0. The number of Topliss-reactive ketones (excluding diaryl/α,β-unsaturated/α-hetero) is 2. The molecule has 0 fully saturated rings. The van der Waals surface area contributed by atoms with Gasteiger partial charge in [-0.1, -0.05) is 59.8 Å². The van der Waals surface area contributed by atoms with E-state index >= 15 is 0 Å². The van der Waals surface area contributed by atoms with Crippen molar-refractivity contribution in [3.63, 3.8) is 0 Å². The van der Waals surface area contributed by atoms with Crippen molar-refractivity contribution < 1.29 is 48.3 Å². The number of aliphatic imine (C=N–C) groups is 1. The molecule has 0 spiro atoms. The summed E-state index contributed by atoms with van der Waals surface area (Å²) in [5.74, 6) is -8.35. The molecule has 10 atom stereocenters. The lowest BCUT2D eigenvalue weighted by molar-refractivity contribution is -0.137. The number of carbonyl (C=O) groups is 9. The summed E-state index contributed by atoms with van der Waals surface area (Å²) in [6.07, 6.45) is 1.27. The number of amides is 7. The molecule has 0 bridgehead atoms. The van der Waals surface area contributed by atoms with Crippen molar-refractivity contribution in [1.82, 2.24) is 31.9 Å². The highest BCUT2D eigenvalue weighted by atomic mass is 16.3. The molecule has 23 heteroatoms. The third kappa shape index (κ3) is 21.5. The molecule has 0 aliphatic carbocycles. The van der Waals surface area contributed by atoms with Gasteiger partial charge in [-0.3, -0.25) is 53.5 Å². The lowest BCUT2D eigenvalue weighted by Crippen LogP contribution is -2.63. The van der Waals surface area contributed by atoms with E-state index in [2.05, 4.69) is 36.9 Å². The first kappa shape index (κ1) is 56.7. The Morgan fingerprint density at radius 1 is 0.613 bits per heavy atom. The Morgan fingerprint density at radius 3 is 1.63 bits per heavy atom. The second kappa shape index (κ2) is 29.9. The van der Waals surface area contributed by atoms with Gasteiger partial charge < -0.3 is 66.1 Å². The number of guanidine groups is 1. The van der Waals surface area contributed by atoms with Crippen molar-refractivity contribution >= 4 is 58.9 Å². The molecule has 0 saturated carbocycles. The standard InChI is InChI=1S/C39H73N13O10/c1-7-10-13-23(40)32(56)27(51-36(60)29(20(4)9-3)52-37(61)30(21(5)53)48-22(6)54)19-47-31(33(57)24(41)14-11-8-2)38(62)50-26(16-17-28(42)55)35(59)49-25(34(43)58)15-12-18-46-39(44)45/h20-21,23-27,29-31,47,53H,7-19,40-41H2,1-6H3,(H2,42,55)(H2,43,58)(H,48,54)(H,49,59)(H,50,62)(H,51,60)(H,52,61)(H4,44,45,46)/t20-,21+,23-,24-,25-,26-,27+,29-,30-,31+/m0/s1. The number of carbonyl (C=O) groups excluding carboxylic acids is 9. The fourth-order valence-corrected chi connectivity index (χ4v) is 6.09. The van der Waals surface area contributed by atoms with E-state index in [-0.39, 0.29) is 44.6 Å². The number of nitrogens with one attached hydrogen (secondary N) is 6. The molecule has 0 aromatic heterocycles. The van der Waals surface area contributed by atoms with Gasteiger partial charge in [0.2, 0.25) is 41.4 Å². The topological polar surface area (TPSA) is 415 Å². The van der Waals surface area contributed by atoms with Gasteiger partial charge in [0.05, 0.1) is 18.2 Å². The van der Waals surface area contributed by atoms with Gasteiger partial charge in [-0.05, 0) is 44.9 Å². The Balaban J connectivity index is 6.92. The van der Waals surface area contributed by atoms with Gasteiger partial charge >= 0.3 is 0 Å². The molecular weight excluding hydrogens is 811 g/mol. The van der Waals surface area contributed by atoms with Gasteiger partial charge in [-0.25, -0.2) is 0 Å². The van der Waals surface area contributed by atoms with E-state index < -0.39 is 126 Å². The van der Waals surface area contributed by atoms with E-state index in [1.807, 2.05) is 13.8 Å². The number of unbranched alkanes of at least 4 members (excludes halogenated alkanes) is 2. The van der Waals surface area contributed by atoms with Crippen LogP contribution in [-0.4, -0.2) is 132 Å². The van der Waals surface area contributed by atoms with Crippen LogP contribution in [0.3, 0.4) is 0 Å². The van der Waals surface area contributed by atoms with Crippen molar-refractivity contribution in [1.29, 1.82) is 0 Å². The maximum atomic E-state index is 14.1. The largest absolute Gasteiger partial charge is 0.391 e.